The Morgan fingerprint density at radius 2 is 2.45 bits per heavy atom. The first-order valence-corrected chi connectivity index (χ1v) is 8.07. The number of amides is 2. The first kappa shape index (κ1) is 15.0. The van der Waals surface area contributed by atoms with E-state index in [0.717, 1.165) is 10.7 Å². The second-order valence-corrected chi connectivity index (χ2v) is 6.27. The van der Waals surface area contributed by atoms with E-state index in [1.165, 1.54) is 0 Å². The molecule has 8 heteroatoms. The van der Waals surface area contributed by atoms with Crippen LogP contribution in [0.4, 0.5) is 4.79 Å². The summed E-state index contributed by atoms with van der Waals surface area (Å²) >= 11 is 1.64. The molecule has 3 heterocycles. The molecule has 2 aromatic heterocycles. The molecule has 118 valence electrons. The minimum Gasteiger partial charge on any atom is -0.366 e. The van der Waals surface area contributed by atoms with E-state index < -0.39 is 0 Å². The number of nitrogens with one attached hydrogen (secondary N) is 1. The zero-order valence-electron chi connectivity index (χ0n) is 12.6. The normalized spacial score (nSPS) is 19.9. The van der Waals surface area contributed by atoms with Crippen LogP contribution in [-0.4, -0.2) is 45.4 Å². The highest BCUT2D eigenvalue weighted by atomic mass is 32.1. The van der Waals surface area contributed by atoms with Gasteiger partial charge in [-0.15, -0.1) is 21.5 Å². The summed E-state index contributed by atoms with van der Waals surface area (Å²) in [7, 11) is 1.87. The molecular formula is C14H19N5O2S. The Labute approximate surface area is 132 Å². The SMILES string of the molecule is CC(NC(=O)N1CCOC(c2nncn2C)C1)c1cccs1. The number of carbonyl (C=O) groups is 1. The van der Waals surface area contributed by atoms with Gasteiger partial charge in [0.25, 0.3) is 0 Å². The van der Waals surface area contributed by atoms with Crippen LogP contribution in [0.25, 0.3) is 0 Å². The molecule has 0 bridgehead atoms. The second kappa shape index (κ2) is 6.45. The fourth-order valence-corrected chi connectivity index (χ4v) is 3.19. The van der Waals surface area contributed by atoms with E-state index >= 15 is 0 Å². The van der Waals surface area contributed by atoms with Crippen LogP contribution in [-0.2, 0) is 11.8 Å². The number of aromatic nitrogens is 3. The summed E-state index contributed by atoms with van der Waals surface area (Å²) in [6, 6.07) is 3.94. The first-order chi connectivity index (χ1) is 10.6. The molecule has 1 N–H and O–H groups in total. The average molecular weight is 321 g/mol. The van der Waals surface area contributed by atoms with Crippen molar-refractivity contribution in [2.24, 2.45) is 7.05 Å². The van der Waals surface area contributed by atoms with Crippen LogP contribution in [0.2, 0.25) is 0 Å². The topological polar surface area (TPSA) is 72.3 Å². The molecule has 7 nitrogen and oxygen atoms in total. The van der Waals surface area contributed by atoms with Gasteiger partial charge in [-0.2, -0.15) is 0 Å². The van der Waals surface area contributed by atoms with Crippen LogP contribution in [0.1, 0.15) is 29.8 Å². The first-order valence-electron chi connectivity index (χ1n) is 7.19. The summed E-state index contributed by atoms with van der Waals surface area (Å²) in [5.41, 5.74) is 0. The molecule has 0 radical (unpaired) electrons. The molecule has 0 aromatic carbocycles. The maximum Gasteiger partial charge on any atom is 0.318 e. The average Bonchev–Trinajstić information content (AvgIpc) is 3.18. The molecule has 2 aromatic rings. The molecule has 2 amide bonds. The van der Waals surface area contributed by atoms with Gasteiger partial charge in [-0.1, -0.05) is 6.07 Å². The van der Waals surface area contributed by atoms with Crippen molar-refractivity contribution >= 4 is 17.4 Å². The largest absolute Gasteiger partial charge is 0.366 e. The van der Waals surface area contributed by atoms with Gasteiger partial charge in [0.15, 0.2) is 5.82 Å². The van der Waals surface area contributed by atoms with E-state index in [9.17, 15) is 4.79 Å². The fourth-order valence-electron chi connectivity index (χ4n) is 2.46. The van der Waals surface area contributed by atoms with Crippen LogP contribution < -0.4 is 5.32 Å². The maximum atomic E-state index is 12.4. The van der Waals surface area contributed by atoms with Crippen molar-refractivity contribution in [3.05, 3.63) is 34.5 Å². The molecule has 3 rings (SSSR count). The van der Waals surface area contributed by atoms with Gasteiger partial charge in [0.05, 0.1) is 19.2 Å². The van der Waals surface area contributed by atoms with Gasteiger partial charge in [-0.05, 0) is 18.4 Å². The lowest BCUT2D eigenvalue weighted by molar-refractivity contribution is -0.0217. The number of rotatable bonds is 3. The number of ether oxygens (including phenoxy) is 1. The van der Waals surface area contributed by atoms with Gasteiger partial charge in [-0.25, -0.2) is 4.79 Å². The number of hydrogen-bond acceptors (Lipinski definition) is 5. The van der Waals surface area contributed by atoms with Crippen molar-refractivity contribution < 1.29 is 9.53 Å². The molecule has 22 heavy (non-hydrogen) atoms. The quantitative estimate of drug-likeness (QED) is 0.934. The van der Waals surface area contributed by atoms with Crippen LogP contribution in [0.15, 0.2) is 23.8 Å². The number of aryl methyl sites for hydroxylation is 1. The van der Waals surface area contributed by atoms with Crippen molar-refractivity contribution in [3.63, 3.8) is 0 Å². The number of urea groups is 1. The molecule has 2 atom stereocenters. The lowest BCUT2D eigenvalue weighted by Gasteiger charge is -2.33. The molecule has 1 aliphatic heterocycles. The third-order valence-electron chi connectivity index (χ3n) is 3.70. The monoisotopic (exact) mass is 321 g/mol. The highest BCUT2D eigenvalue weighted by molar-refractivity contribution is 7.10. The van der Waals surface area contributed by atoms with Crippen LogP contribution >= 0.6 is 11.3 Å². The molecule has 1 aliphatic rings. The zero-order chi connectivity index (χ0) is 15.5. The van der Waals surface area contributed by atoms with Gasteiger partial charge in [-0.3, -0.25) is 0 Å². The standard InChI is InChI=1S/C14H19N5O2S/c1-10(12-4-3-7-22-12)16-14(20)19-5-6-21-11(8-19)13-17-15-9-18(13)2/h3-4,7,9-11H,5-6,8H2,1-2H3,(H,16,20). The third kappa shape index (κ3) is 3.12. The van der Waals surface area contributed by atoms with Gasteiger partial charge < -0.3 is 19.5 Å². The lowest BCUT2D eigenvalue weighted by Crippen LogP contribution is -2.48. The summed E-state index contributed by atoms with van der Waals surface area (Å²) in [5.74, 6) is 0.740. The fraction of sp³-hybridized carbons (Fsp3) is 0.500. The van der Waals surface area contributed by atoms with Gasteiger partial charge in [0.2, 0.25) is 0 Å². The number of hydrogen-bond donors (Lipinski definition) is 1. The Kier molecular flexibility index (Phi) is 4.39. The van der Waals surface area contributed by atoms with Crippen molar-refractivity contribution in [1.29, 1.82) is 0 Å². The molecule has 2 unspecified atom stereocenters. The summed E-state index contributed by atoms with van der Waals surface area (Å²) in [4.78, 5) is 15.3. The minimum absolute atomic E-state index is 0.00335. The van der Waals surface area contributed by atoms with Crippen LogP contribution in [0, 0.1) is 0 Å². The zero-order valence-corrected chi connectivity index (χ0v) is 13.4. The minimum atomic E-state index is -0.232. The van der Waals surface area contributed by atoms with Gasteiger partial charge in [0, 0.05) is 18.5 Å². The van der Waals surface area contributed by atoms with E-state index in [0.29, 0.717) is 19.7 Å². The van der Waals surface area contributed by atoms with Crippen molar-refractivity contribution in [2.45, 2.75) is 19.1 Å². The van der Waals surface area contributed by atoms with Gasteiger partial charge in [0.1, 0.15) is 12.4 Å². The molecule has 1 saturated heterocycles. The Balaban J connectivity index is 1.62. The number of morpholine rings is 1. The highest BCUT2D eigenvalue weighted by Crippen LogP contribution is 2.21. The Hall–Kier alpha value is -1.93. The van der Waals surface area contributed by atoms with E-state index in [1.54, 1.807) is 22.6 Å². The van der Waals surface area contributed by atoms with E-state index in [2.05, 4.69) is 15.5 Å². The predicted molar refractivity (Wildman–Crippen MR) is 82.5 cm³/mol. The smallest absolute Gasteiger partial charge is 0.318 e. The Morgan fingerprint density at radius 3 is 3.14 bits per heavy atom. The summed E-state index contributed by atoms with van der Waals surface area (Å²) in [6.45, 7) is 3.55. The number of carbonyl (C=O) groups excluding carboxylic acids is 1. The Bertz CT molecular complexity index is 627. The molecule has 0 saturated carbocycles. The Morgan fingerprint density at radius 1 is 1.59 bits per heavy atom. The van der Waals surface area contributed by atoms with Crippen LogP contribution in [0.5, 0.6) is 0 Å². The molecule has 0 aliphatic carbocycles. The third-order valence-corrected chi connectivity index (χ3v) is 4.75. The maximum absolute atomic E-state index is 12.4. The van der Waals surface area contributed by atoms with E-state index in [1.807, 2.05) is 36.1 Å². The summed E-state index contributed by atoms with van der Waals surface area (Å²) in [5, 5.41) is 13.0. The summed E-state index contributed by atoms with van der Waals surface area (Å²) < 4.78 is 7.54. The summed E-state index contributed by atoms with van der Waals surface area (Å²) in [6.07, 6.45) is 1.40. The molecular weight excluding hydrogens is 302 g/mol. The van der Waals surface area contributed by atoms with Crippen molar-refractivity contribution in [3.8, 4) is 0 Å². The number of nitrogens with zero attached hydrogens (tertiary/aromatic N) is 4. The van der Waals surface area contributed by atoms with Crippen molar-refractivity contribution in [2.75, 3.05) is 19.7 Å². The van der Waals surface area contributed by atoms with E-state index in [-0.39, 0.29) is 18.2 Å². The highest BCUT2D eigenvalue weighted by Gasteiger charge is 2.28. The van der Waals surface area contributed by atoms with E-state index in [4.69, 9.17) is 4.74 Å². The molecule has 1 fully saturated rings. The number of thiophene rings is 1. The van der Waals surface area contributed by atoms with Crippen molar-refractivity contribution in [1.82, 2.24) is 25.0 Å². The predicted octanol–water partition coefficient (Wildman–Crippen LogP) is 1.72. The molecule has 0 spiro atoms. The van der Waals surface area contributed by atoms with Gasteiger partial charge >= 0.3 is 6.03 Å². The van der Waals surface area contributed by atoms with Crippen LogP contribution in [0.3, 0.4) is 0 Å². The lowest BCUT2D eigenvalue weighted by atomic mass is 10.2. The second-order valence-electron chi connectivity index (χ2n) is 5.29.